The second kappa shape index (κ2) is 6.15. The van der Waals surface area contributed by atoms with Crippen LogP contribution in [0.25, 0.3) is 0 Å². The summed E-state index contributed by atoms with van der Waals surface area (Å²) in [6.07, 6.45) is 3.02. The lowest BCUT2D eigenvalue weighted by Gasteiger charge is -2.32. The molecule has 0 saturated heterocycles. The lowest BCUT2D eigenvalue weighted by atomic mass is 9.93. The Bertz CT molecular complexity index is 598. The van der Waals surface area contributed by atoms with Crippen LogP contribution < -0.4 is 4.90 Å². The van der Waals surface area contributed by atoms with Crippen LogP contribution >= 0.6 is 0 Å². The molecule has 1 aromatic rings. The summed E-state index contributed by atoms with van der Waals surface area (Å²) in [4.78, 5) is 13.7. The monoisotopic (exact) mass is 310 g/mol. The number of rotatable bonds is 4. The highest BCUT2D eigenvalue weighted by molar-refractivity contribution is 7.89. The fourth-order valence-electron chi connectivity index (χ4n) is 2.59. The molecule has 0 radical (unpaired) electrons. The van der Waals surface area contributed by atoms with E-state index in [9.17, 15) is 13.2 Å². The van der Waals surface area contributed by atoms with Crippen molar-refractivity contribution in [3.05, 3.63) is 24.3 Å². The number of carbonyl (C=O) groups is 1. The van der Waals surface area contributed by atoms with Gasteiger partial charge in [-0.3, -0.25) is 4.79 Å². The molecule has 0 heterocycles. The molecule has 0 N–H and O–H groups in total. The van der Waals surface area contributed by atoms with Gasteiger partial charge in [-0.15, -0.1) is 0 Å². The number of anilines is 1. The molecule has 1 saturated carbocycles. The molecule has 1 aliphatic rings. The van der Waals surface area contributed by atoms with Gasteiger partial charge in [0.1, 0.15) is 5.78 Å². The lowest BCUT2D eigenvalue weighted by Crippen LogP contribution is -2.35. The van der Waals surface area contributed by atoms with Gasteiger partial charge in [0.25, 0.3) is 0 Å². The van der Waals surface area contributed by atoms with Crippen LogP contribution in [0.1, 0.15) is 25.7 Å². The van der Waals surface area contributed by atoms with E-state index in [0.29, 0.717) is 29.6 Å². The Balaban J connectivity index is 2.14. The van der Waals surface area contributed by atoms with Crippen molar-refractivity contribution in [1.29, 1.82) is 0 Å². The summed E-state index contributed by atoms with van der Waals surface area (Å²) in [6.45, 7) is 0. The van der Waals surface area contributed by atoms with Crippen LogP contribution in [0.2, 0.25) is 0 Å². The molecule has 0 bridgehead atoms. The quantitative estimate of drug-likeness (QED) is 0.852. The van der Waals surface area contributed by atoms with Crippen LogP contribution in [0.5, 0.6) is 0 Å². The van der Waals surface area contributed by atoms with Crippen molar-refractivity contribution >= 4 is 21.5 Å². The van der Waals surface area contributed by atoms with Crippen molar-refractivity contribution < 1.29 is 13.2 Å². The molecule has 21 heavy (non-hydrogen) atoms. The highest BCUT2D eigenvalue weighted by Crippen LogP contribution is 2.26. The molecule has 116 valence electrons. The molecule has 2 rings (SSSR count). The fraction of sp³-hybridized carbons (Fsp3) is 0.533. The zero-order chi connectivity index (χ0) is 15.6. The van der Waals surface area contributed by atoms with E-state index in [-0.39, 0.29) is 0 Å². The number of Topliss-reactive ketones (excluding diaryl/α,β-unsaturated/α-hetero) is 1. The van der Waals surface area contributed by atoms with Gasteiger partial charge in [-0.1, -0.05) is 0 Å². The van der Waals surface area contributed by atoms with Crippen molar-refractivity contribution in [2.24, 2.45) is 0 Å². The smallest absolute Gasteiger partial charge is 0.242 e. The summed E-state index contributed by atoms with van der Waals surface area (Å²) in [5.41, 5.74) is 0.979. The predicted molar refractivity (Wildman–Crippen MR) is 83.0 cm³/mol. The van der Waals surface area contributed by atoms with Gasteiger partial charge in [0.05, 0.1) is 4.90 Å². The largest absolute Gasteiger partial charge is 0.372 e. The average Bonchev–Trinajstić information content (AvgIpc) is 2.47. The maximum atomic E-state index is 12.0. The van der Waals surface area contributed by atoms with Gasteiger partial charge in [0.15, 0.2) is 0 Å². The highest BCUT2D eigenvalue weighted by Gasteiger charge is 2.23. The minimum absolute atomic E-state index is 0.295. The molecule has 6 heteroatoms. The maximum Gasteiger partial charge on any atom is 0.242 e. The summed E-state index contributed by atoms with van der Waals surface area (Å²) in [5.74, 6) is 0.340. The van der Waals surface area contributed by atoms with Gasteiger partial charge in [-0.2, -0.15) is 0 Å². The van der Waals surface area contributed by atoms with E-state index in [1.165, 1.54) is 18.4 Å². The van der Waals surface area contributed by atoms with Crippen LogP contribution in [-0.2, 0) is 14.8 Å². The molecule has 0 aromatic heterocycles. The van der Waals surface area contributed by atoms with Gasteiger partial charge >= 0.3 is 0 Å². The third kappa shape index (κ3) is 3.44. The first-order valence-corrected chi connectivity index (χ1v) is 8.53. The standard InChI is InChI=1S/C15H22N2O3S/c1-16(2)21(19,20)15-10-6-13(7-11-15)17(3)12-4-8-14(18)9-5-12/h6-7,10-12H,4-5,8-9H2,1-3H3. The number of ketones is 1. The predicted octanol–water partition coefficient (Wildman–Crippen LogP) is 1.88. The Kier molecular flexibility index (Phi) is 4.68. The van der Waals surface area contributed by atoms with E-state index >= 15 is 0 Å². The van der Waals surface area contributed by atoms with Crippen molar-refractivity contribution in [3.63, 3.8) is 0 Å². The molecule has 0 aliphatic heterocycles. The molecule has 1 fully saturated rings. The van der Waals surface area contributed by atoms with Crippen LogP contribution in [0.15, 0.2) is 29.2 Å². The Labute approximate surface area is 126 Å². The molecule has 0 atom stereocenters. The number of sulfonamides is 1. The van der Waals surface area contributed by atoms with Crippen LogP contribution in [0.4, 0.5) is 5.69 Å². The first-order valence-electron chi connectivity index (χ1n) is 7.09. The summed E-state index contributed by atoms with van der Waals surface area (Å²) in [5, 5.41) is 0. The number of carbonyl (C=O) groups excluding carboxylic acids is 1. The summed E-state index contributed by atoms with van der Waals surface area (Å²) in [7, 11) is 1.66. The van der Waals surface area contributed by atoms with Crippen LogP contribution in [0.3, 0.4) is 0 Å². The zero-order valence-electron chi connectivity index (χ0n) is 12.7. The minimum Gasteiger partial charge on any atom is -0.372 e. The zero-order valence-corrected chi connectivity index (χ0v) is 13.6. The van der Waals surface area contributed by atoms with E-state index < -0.39 is 10.0 Å². The third-order valence-electron chi connectivity index (χ3n) is 4.08. The SMILES string of the molecule is CN(c1ccc(S(=O)(=O)N(C)C)cc1)C1CCC(=O)CC1. The average molecular weight is 310 g/mol. The van der Waals surface area contributed by atoms with E-state index in [0.717, 1.165) is 18.5 Å². The van der Waals surface area contributed by atoms with Gasteiger partial charge in [-0.05, 0) is 37.1 Å². The number of benzene rings is 1. The number of hydrogen-bond acceptors (Lipinski definition) is 4. The van der Waals surface area contributed by atoms with Gasteiger partial charge in [0.2, 0.25) is 10.0 Å². The first-order chi connectivity index (χ1) is 9.82. The Morgan fingerprint density at radius 1 is 1.00 bits per heavy atom. The molecule has 5 nitrogen and oxygen atoms in total. The topological polar surface area (TPSA) is 57.7 Å². The van der Waals surface area contributed by atoms with Crippen molar-refractivity contribution in [3.8, 4) is 0 Å². The highest BCUT2D eigenvalue weighted by atomic mass is 32.2. The maximum absolute atomic E-state index is 12.0. The van der Waals surface area contributed by atoms with Gasteiger partial charge in [0, 0.05) is 45.7 Å². The van der Waals surface area contributed by atoms with Crippen LogP contribution in [-0.4, -0.2) is 45.7 Å². The second-order valence-corrected chi connectivity index (χ2v) is 7.81. The molecular formula is C15H22N2O3S. The van der Waals surface area contributed by atoms with Gasteiger partial charge < -0.3 is 4.90 Å². The normalized spacial score (nSPS) is 17.2. The second-order valence-electron chi connectivity index (χ2n) is 5.66. The molecule has 0 unspecified atom stereocenters. The first kappa shape index (κ1) is 16.0. The van der Waals surface area contributed by atoms with Crippen molar-refractivity contribution in [2.45, 2.75) is 36.6 Å². The van der Waals surface area contributed by atoms with E-state index in [1.807, 2.05) is 19.2 Å². The Hall–Kier alpha value is -1.40. The van der Waals surface area contributed by atoms with Crippen molar-refractivity contribution in [2.75, 3.05) is 26.0 Å². The minimum atomic E-state index is -3.38. The number of hydrogen-bond donors (Lipinski definition) is 0. The molecule has 1 aliphatic carbocycles. The summed E-state index contributed by atoms with van der Waals surface area (Å²) in [6, 6.07) is 7.27. The Morgan fingerprint density at radius 2 is 1.52 bits per heavy atom. The van der Waals surface area contributed by atoms with Gasteiger partial charge in [-0.25, -0.2) is 12.7 Å². The van der Waals surface area contributed by atoms with E-state index in [2.05, 4.69) is 4.90 Å². The molecule has 1 aromatic carbocycles. The summed E-state index contributed by atoms with van der Waals surface area (Å²) < 4.78 is 25.3. The summed E-state index contributed by atoms with van der Waals surface area (Å²) >= 11 is 0. The molecule has 0 amide bonds. The van der Waals surface area contributed by atoms with E-state index in [4.69, 9.17) is 0 Å². The number of nitrogens with zero attached hydrogens (tertiary/aromatic N) is 2. The van der Waals surface area contributed by atoms with Crippen LogP contribution in [0, 0.1) is 0 Å². The van der Waals surface area contributed by atoms with E-state index in [1.54, 1.807) is 12.1 Å². The lowest BCUT2D eigenvalue weighted by molar-refractivity contribution is -0.120. The Morgan fingerprint density at radius 3 is 2.00 bits per heavy atom. The molecular weight excluding hydrogens is 288 g/mol. The third-order valence-corrected chi connectivity index (χ3v) is 5.91. The fourth-order valence-corrected chi connectivity index (χ4v) is 3.49. The van der Waals surface area contributed by atoms with Crippen molar-refractivity contribution in [1.82, 2.24) is 4.31 Å². The molecule has 0 spiro atoms.